The third-order valence-corrected chi connectivity index (χ3v) is 2.92. The van der Waals surface area contributed by atoms with E-state index in [0.29, 0.717) is 11.6 Å². The molecule has 0 aliphatic rings. The maximum atomic E-state index is 12.0. The van der Waals surface area contributed by atoms with E-state index in [4.69, 9.17) is 11.6 Å². The van der Waals surface area contributed by atoms with Gasteiger partial charge in [-0.05, 0) is 42.0 Å². The number of ether oxygens (including phenoxy) is 1. The molecule has 2 rings (SSSR count). The van der Waals surface area contributed by atoms with E-state index in [0.717, 1.165) is 11.3 Å². The van der Waals surface area contributed by atoms with Crippen molar-refractivity contribution in [3.05, 3.63) is 59.1 Å². The molecule has 0 aliphatic carbocycles. The van der Waals surface area contributed by atoms with Gasteiger partial charge in [-0.3, -0.25) is 0 Å². The number of anilines is 1. The summed E-state index contributed by atoms with van der Waals surface area (Å²) in [6.07, 6.45) is -4.33. The second-order valence-corrected chi connectivity index (χ2v) is 4.84. The molecule has 0 bridgehead atoms. The smallest absolute Gasteiger partial charge is 0.422 e. The molecule has 0 spiro atoms. The van der Waals surface area contributed by atoms with Gasteiger partial charge in [0.15, 0.2) is 6.61 Å². The van der Waals surface area contributed by atoms with E-state index in [1.807, 2.05) is 12.1 Å². The monoisotopic (exact) mass is 315 g/mol. The third-order valence-electron chi connectivity index (χ3n) is 2.67. The summed E-state index contributed by atoms with van der Waals surface area (Å²) in [5.41, 5.74) is 1.85. The molecule has 0 amide bonds. The van der Waals surface area contributed by atoms with Crippen LogP contribution in [0.1, 0.15) is 5.56 Å². The van der Waals surface area contributed by atoms with E-state index in [1.54, 1.807) is 24.3 Å². The number of nitrogens with one attached hydrogen (secondary N) is 1. The van der Waals surface area contributed by atoms with Crippen molar-refractivity contribution in [3.63, 3.8) is 0 Å². The Balaban J connectivity index is 1.86. The van der Waals surface area contributed by atoms with Crippen molar-refractivity contribution in [3.8, 4) is 5.75 Å². The quantitative estimate of drug-likeness (QED) is 0.848. The lowest BCUT2D eigenvalue weighted by Gasteiger charge is -2.10. The van der Waals surface area contributed by atoms with Crippen LogP contribution >= 0.6 is 11.6 Å². The molecular weight excluding hydrogens is 303 g/mol. The maximum Gasteiger partial charge on any atom is 0.422 e. The largest absolute Gasteiger partial charge is 0.484 e. The molecule has 0 radical (unpaired) electrons. The van der Waals surface area contributed by atoms with Gasteiger partial charge in [-0.1, -0.05) is 23.7 Å². The average molecular weight is 316 g/mol. The number of alkyl halides is 3. The molecule has 2 nitrogen and oxygen atoms in total. The fraction of sp³-hybridized carbons (Fsp3) is 0.200. The lowest BCUT2D eigenvalue weighted by Crippen LogP contribution is -2.19. The molecule has 21 heavy (non-hydrogen) atoms. The molecule has 0 heterocycles. The summed E-state index contributed by atoms with van der Waals surface area (Å²) >= 11 is 5.79. The van der Waals surface area contributed by atoms with Gasteiger partial charge in [0, 0.05) is 17.3 Å². The van der Waals surface area contributed by atoms with Crippen molar-refractivity contribution in [1.82, 2.24) is 0 Å². The van der Waals surface area contributed by atoms with Gasteiger partial charge in [0.2, 0.25) is 0 Å². The maximum absolute atomic E-state index is 12.0. The Bertz CT molecular complexity index is 567. The van der Waals surface area contributed by atoms with Crippen LogP contribution < -0.4 is 10.1 Å². The Hall–Kier alpha value is -1.88. The molecule has 1 N–H and O–H groups in total. The highest BCUT2D eigenvalue weighted by Crippen LogP contribution is 2.20. The van der Waals surface area contributed by atoms with Crippen LogP contribution in [0.2, 0.25) is 5.02 Å². The van der Waals surface area contributed by atoms with Gasteiger partial charge in [-0.15, -0.1) is 0 Å². The Morgan fingerprint density at radius 2 is 1.57 bits per heavy atom. The molecule has 2 aromatic carbocycles. The topological polar surface area (TPSA) is 21.3 Å². The second-order valence-electron chi connectivity index (χ2n) is 4.41. The van der Waals surface area contributed by atoms with E-state index in [-0.39, 0.29) is 5.75 Å². The molecular formula is C15H13ClF3NO. The minimum atomic E-state index is -4.33. The standard InChI is InChI=1S/C15H13ClF3NO/c16-12-3-1-11(2-4-12)9-20-13-5-7-14(8-6-13)21-10-15(17,18)19/h1-8,20H,9-10H2. The molecule has 2 aromatic rings. The number of hydrogen-bond acceptors (Lipinski definition) is 2. The van der Waals surface area contributed by atoms with E-state index in [2.05, 4.69) is 10.1 Å². The molecule has 0 aromatic heterocycles. The van der Waals surface area contributed by atoms with Gasteiger partial charge in [-0.25, -0.2) is 0 Å². The molecule has 0 fully saturated rings. The molecule has 0 saturated carbocycles. The molecule has 0 aliphatic heterocycles. The fourth-order valence-electron chi connectivity index (χ4n) is 1.64. The van der Waals surface area contributed by atoms with E-state index in [1.165, 1.54) is 12.1 Å². The first-order valence-electron chi connectivity index (χ1n) is 6.20. The predicted molar refractivity (Wildman–Crippen MR) is 76.8 cm³/mol. The van der Waals surface area contributed by atoms with Crippen LogP contribution in [-0.4, -0.2) is 12.8 Å². The van der Waals surface area contributed by atoms with Crippen molar-refractivity contribution in [2.24, 2.45) is 0 Å². The van der Waals surface area contributed by atoms with E-state index < -0.39 is 12.8 Å². The predicted octanol–water partition coefficient (Wildman–Crippen LogP) is 4.89. The zero-order valence-corrected chi connectivity index (χ0v) is 11.7. The van der Waals surface area contributed by atoms with Crippen molar-refractivity contribution >= 4 is 17.3 Å². The zero-order chi connectivity index (χ0) is 15.3. The van der Waals surface area contributed by atoms with Crippen LogP contribution in [0.15, 0.2) is 48.5 Å². The van der Waals surface area contributed by atoms with E-state index >= 15 is 0 Å². The highest BCUT2D eigenvalue weighted by molar-refractivity contribution is 6.30. The summed E-state index contributed by atoms with van der Waals surface area (Å²) in [7, 11) is 0. The average Bonchev–Trinajstić information content (AvgIpc) is 2.45. The Morgan fingerprint density at radius 1 is 0.952 bits per heavy atom. The SMILES string of the molecule is FC(F)(F)COc1ccc(NCc2ccc(Cl)cc2)cc1. The van der Waals surface area contributed by atoms with Gasteiger partial charge < -0.3 is 10.1 Å². The molecule has 0 saturated heterocycles. The van der Waals surface area contributed by atoms with Crippen LogP contribution in [0.4, 0.5) is 18.9 Å². The normalized spacial score (nSPS) is 11.2. The van der Waals surface area contributed by atoms with Gasteiger partial charge in [0.1, 0.15) is 5.75 Å². The van der Waals surface area contributed by atoms with Gasteiger partial charge >= 0.3 is 6.18 Å². The van der Waals surface area contributed by atoms with Crippen LogP contribution in [0, 0.1) is 0 Å². The molecule has 0 atom stereocenters. The Labute approximate surface area is 125 Å². The van der Waals surface area contributed by atoms with Crippen molar-refractivity contribution in [1.29, 1.82) is 0 Å². The highest BCUT2D eigenvalue weighted by atomic mass is 35.5. The number of hydrogen-bond donors (Lipinski definition) is 1. The number of halogens is 4. The van der Waals surface area contributed by atoms with Crippen LogP contribution in [0.3, 0.4) is 0 Å². The minimum Gasteiger partial charge on any atom is -0.484 e. The number of benzene rings is 2. The fourth-order valence-corrected chi connectivity index (χ4v) is 1.77. The Kier molecular flexibility index (Phi) is 4.96. The van der Waals surface area contributed by atoms with E-state index in [9.17, 15) is 13.2 Å². The van der Waals surface area contributed by atoms with Crippen LogP contribution in [0.25, 0.3) is 0 Å². The Morgan fingerprint density at radius 3 is 2.14 bits per heavy atom. The van der Waals surface area contributed by atoms with Gasteiger partial charge in [-0.2, -0.15) is 13.2 Å². The first-order chi connectivity index (χ1) is 9.92. The molecule has 0 unspecified atom stereocenters. The first-order valence-corrected chi connectivity index (χ1v) is 6.58. The third kappa shape index (κ3) is 5.55. The summed E-state index contributed by atoms with van der Waals surface area (Å²) in [4.78, 5) is 0. The molecule has 6 heteroatoms. The summed E-state index contributed by atoms with van der Waals surface area (Å²) in [5, 5.41) is 3.83. The first kappa shape index (κ1) is 15.5. The second kappa shape index (κ2) is 6.72. The van der Waals surface area contributed by atoms with Crippen molar-refractivity contribution in [2.45, 2.75) is 12.7 Å². The summed E-state index contributed by atoms with van der Waals surface area (Å²) in [5.74, 6) is 0.185. The van der Waals surface area contributed by atoms with Gasteiger partial charge in [0.25, 0.3) is 0 Å². The highest BCUT2D eigenvalue weighted by Gasteiger charge is 2.28. The van der Waals surface area contributed by atoms with Crippen LogP contribution in [0.5, 0.6) is 5.75 Å². The summed E-state index contributed by atoms with van der Waals surface area (Å²) < 4.78 is 40.7. The van der Waals surface area contributed by atoms with Crippen molar-refractivity contribution < 1.29 is 17.9 Å². The van der Waals surface area contributed by atoms with Crippen molar-refractivity contribution in [2.75, 3.05) is 11.9 Å². The molecule has 112 valence electrons. The minimum absolute atomic E-state index is 0.185. The van der Waals surface area contributed by atoms with Gasteiger partial charge in [0.05, 0.1) is 0 Å². The zero-order valence-electron chi connectivity index (χ0n) is 11.0. The lowest BCUT2D eigenvalue weighted by molar-refractivity contribution is -0.153. The summed E-state index contributed by atoms with van der Waals surface area (Å²) in [6.45, 7) is -0.690. The summed E-state index contributed by atoms with van der Waals surface area (Å²) in [6, 6.07) is 13.7. The van der Waals surface area contributed by atoms with Crippen LogP contribution in [-0.2, 0) is 6.54 Å². The number of rotatable bonds is 5. The lowest BCUT2D eigenvalue weighted by atomic mass is 10.2.